The molecule has 2 aliphatic rings. The largest absolute Gasteiger partial charge is 0.305 e. The smallest absolute Gasteiger partial charge is 0.00475 e. The minimum atomic E-state index is 0.786. The third-order valence-corrected chi connectivity index (χ3v) is 3.16. The summed E-state index contributed by atoms with van der Waals surface area (Å²) in [6.07, 6.45) is 4.48. The Morgan fingerprint density at radius 2 is 1.83 bits per heavy atom. The van der Waals surface area contributed by atoms with Crippen molar-refractivity contribution in [1.82, 2.24) is 4.90 Å². The summed E-state index contributed by atoms with van der Waals surface area (Å²) in [5, 5.41) is 0. The molecule has 0 aromatic carbocycles. The molecule has 0 bridgehead atoms. The van der Waals surface area contributed by atoms with E-state index in [4.69, 9.17) is 0 Å². The van der Waals surface area contributed by atoms with Crippen LogP contribution in [-0.2, 0) is 0 Å². The maximum Gasteiger partial charge on any atom is 0.00475 e. The van der Waals surface area contributed by atoms with Gasteiger partial charge in [0.15, 0.2) is 0 Å². The fourth-order valence-corrected chi connectivity index (χ4v) is 2.88. The average molecular weight is 169 g/mol. The first kappa shape index (κ1) is 10.0. The first-order valence-corrected chi connectivity index (χ1v) is 5.39. The Balaban J connectivity index is 0.000000336. The fraction of sp³-hybridized carbons (Fsp3) is 1.00. The van der Waals surface area contributed by atoms with Gasteiger partial charge in [0.05, 0.1) is 0 Å². The Kier molecular flexibility index (Phi) is 3.16. The quantitative estimate of drug-likeness (QED) is 0.539. The van der Waals surface area contributed by atoms with E-state index in [0.29, 0.717) is 0 Å². The second-order valence-electron chi connectivity index (χ2n) is 4.52. The highest BCUT2D eigenvalue weighted by Gasteiger charge is 2.45. The van der Waals surface area contributed by atoms with Crippen molar-refractivity contribution in [1.29, 1.82) is 0 Å². The molecule has 1 heteroatoms. The van der Waals surface area contributed by atoms with E-state index in [-0.39, 0.29) is 0 Å². The zero-order chi connectivity index (χ0) is 9.19. The Morgan fingerprint density at radius 3 is 2.17 bits per heavy atom. The Labute approximate surface area is 77.1 Å². The van der Waals surface area contributed by atoms with Crippen LogP contribution < -0.4 is 0 Å². The molecule has 0 aromatic rings. The molecule has 1 saturated heterocycles. The van der Waals surface area contributed by atoms with E-state index >= 15 is 0 Å². The van der Waals surface area contributed by atoms with E-state index in [1.54, 1.807) is 0 Å². The Hall–Kier alpha value is -0.0400. The van der Waals surface area contributed by atoms with Crippen LogP contribution in [-0.4, -0.2) is 25.0 Å². The van der Waals surface area contributed by atoms with Crippen LogP contribution in [0.25, 0.3) is 0 Å². The number of likely N-dealkylation sites (tertiary alicyclic amines) is 1. The number of rotatable bonds is 0. The summed E-state index contributed by atoms with van der Waals surface area (Å²) in [4.78, 5) is 2.44. The molecule has 1 aliphatic heterocycles. The zero-order valence-electron chi connectivity index (χ0n) is 9.06. The molecule has 0 radical (unpaired) electrons. The number of hydrogen-bond donors (Lipinski definition) is 0. The van der Waals surface area contributed by atoms with Crippen molar-refractivity contribution >= 4 is 0 Å². The summed E-state index contributed by atoms with van der Waals surface area (Å²) in [6, 6.07) is 0. The van der Waals surface area contributed by atoms with Crippen LogP contribution in [0.5, 0.6) is 0 Å². The fourth-order valence-electron chi connectivity index (χ4n) is 2.88. The second kappa shape index (κ2) is 3.78. The highest BCUT2D eigenvalue weighted by Crippen LogP contribution is 2.47. The van der Waals surface area contributed by atoms with E-state index in [1.807, 2.05) is 13.8 Å². The van der Waals surface area contributed by atoms with E-state index in [9.17, 15) is 0 Å². The van der Waals surface area contributed by atoms with Crippen molar-refractivity contribution in [3.05, 3.63) is 0 Å². The van der Waals surface area contributed by atoms with Crippen LogP contribution >= 0.6 is 0 Å². The van der Waals surface area contributed by atoms with E-state index in [0.717, 1.165) is 11.3 Å². The lowest BCUT2D eigenvalue weighted by Gasteiger charge is -2.46. The third-order valence-electron chi connectivity index (χ3n) is 3.16. The van der Waals surface area contributed by atoms with Crippen LogP contribution in [0, 0.1) is 11.3 Å². The molecule has 1 heterocycles. The van der Waals surface area contributed by atoms with Crippen molar-refractivity contribution < 1.29 is 0 Å². The highest BCUT2D eigenvalue weighted by molar-refractivity contribution is 4.98. The van der Waals surface area contributed by atoms with Crippen LogP contribution in [0.3, 0.4) is 0 Å². The van der Waals surface area contributed by atoms with Gasteiger partial charge in [-0.3, -0.25) is 0 Å². The monoisotopic (exact) mass is 169 g/mol. The molecule has 1 spiro atoms. The molecule has 1 saturated carbocycles. The number of nitrogens with zero attached hydrogens (tertiary/aromatic N) is 1. The van der Waals surface area contributed by atoms with Crippen molar-refractivity contribution in [2.24, 2.45) is 11.3 Å². The summed E-state index contributed by atoms with van der Waals surface area (Å²) < 4.78 is 0. The standard InChI is InChI=1S/C9H17N.C2H6/c1-8-3-4-9(5-8)6-10(2)7-9;1-2/h8H,3-7H2,1-2H3;1-2H3. The first-order valence-electron chi connectivity index (χ1n) is 5.39. The Morgan fingerprint density at radius 1 is 1.25 bits per heavy atom. The molecule has 2 fully saturated rings. The lowest BCUT2D eigenvalue weighted by atomic mass is 9.78. The number of hydrogen-bond acceptors (Lipinski definition) is 1. The summed E-state index contributed by atoms with van der Waals surface area (Å²) >= 11 is 0. The van der Waals surface area contributed by atoms with Gasteiger partial charge in [0.25, 0.3) is 0 Å². The van der Waals surface area contributed by atoms with Gasteiger partial charge in [0.1, 0.15) is 0 Å². The van der Waals surface area contributed by atoms with Gasteiger partial charge in [0.2, 0.25) is 0 Å². The van der Waals surface area contributed by atoms with Gasteiger partial charge in [-0.05, 0) is 31.2 Å². The van der Waals surface area contributed by atoms with Gasteiger partial charge in [-0.1, -0.05) is 27.2 Å². The molecule has 2 rings (SSSR count). The topological polar surface area (TPSA) is 3.24 Å². The molecule has 1 unspecified atom stereocenters. The zero-order valence-corrected chi connectivity index (χ0v) is 9.06. The van der Waals surface area contributed by atoms with Crippen LogP contribution in [0.15, 0.2) is 0 Å². The molecular weight excluding hydrogens is 146 g/mol. The van der Waals surface area contributed by atoms with Crippen LogP contribution in [0.1, 0.15) is 40.0 Å². The predicted octanol–water partition coefficient (Wildman–Crippen LogP) is 2.76. The van der Waals surface area contributed by atoms with Crippen molar-refractivity contribution in [3.8, 4) is 0 Å². The van der Waals surface area contributed by atoms with Gasteiger partial charge in [-0.15, -0.1) is 0 Å². The molecule has 72 valence electrons. The SMILES string of the molecule is CC.CC1CCC2(C1)CN(C)C2. The lowest BCUT2D eigenvalue weighted by Crippen LogP contribution is -2.52. The van der Waals surface area contributed by atoms with Gasteiger partial charge in [-0.25, -0.2) is 0 Å². The summed E-state index contributed by atoms with van der Waals surface area (Å²) in [6.45, 7) is 9.14. The molecule has 1 aliphatic carbocycles. The van der Waals surface area contributed by atoms with Gasteiger partial charge < -0.3 is 4.90 Å². The maximum absolute atomic E-state index is 2.44. The van der Waals surface area contributed by atoms with Crippen molar-refractivity contribution in [3.63, 3.8) is 0 Å². The third kappa shape index (κ3) is 1.82. The minimum absolute atomic E-state index is 0.786. The molecule has 1 nitrogen and oxygen atoms in total. The van der Waals surface area contributed by atoms with Gasteiger partial charge in [0, 0.05) is 13.1 Å². The summed E-state index contributed by atoms with van der Waals surface area (Å²) in [5.74, 6) is 1.01. The molecule has 12 heavy (non-hydrogen) atoms. The molecule has 0 N–H and O–H groups in total. The van der Waals surface area contributed by atoms with Crippen molar-refractivity contribution in [2.75, 3.05) is 20.1 Å². The summed E-state index contributed by atoms with van der Waals surface area (Å²) in [7, 11) is 2.23. The van der Waals surface area contributed by atoms with E-state index in [1.165, 1.54) is 32.4 Å². The molecular formula is C11H23N. The second-order valence-corrected chi connectivity index (χ2v) is 4.52. The predicted molar refractivity (Wildman–Crippen MR) is 54.3 cm³/mol. The van der Waals surface area contributed by atoms with E-state index in [2.05, 4.69) is 18.9 Å². The molecule has 0 aromatic heterocycles. The Bertz CT molecular complexity index is 130. The van der Waals surface area contributed by atoms with E-state index < -0.39 is 0 Å². The van der Waals surface area contributed by atoms with Crippen LogP contribution in [0.2, 0.25) is 0 Å². The van der Waals surface area contributed by atoms with Gasteiger partial charge in [-0.2, -0.15) is 0 Å². The summed E-state index contributed by atoms with van der Waals surface area (Å²) in [5.41, 5.74) is 0.786. The normalized spacial score (nSPS) is 32.5. The highest BCUT2D eigenvalue weighted by atomic mass is 15.2. The average Bonchev–Trinajstić information content (AvgIpc) is 2.36. The lowest BCUT2D eigenvalue weighted by molar-refractivity contribution is 0.0258. The van der Waals surface area contributed by atoms with Crippen LogP contribution in [0.4, 0.5) is 0 Å². The maximum atomic E-state index is 2.44. The van der Waals surface area contributed by atoms with Gasteiger partial charge >= 0.3 is 0 Å². The first-order chi connectivity index (χ1) is 5.70. The minimum Gasteiger partial charge on any atom is -0.305 e. The molecule has 0 amide bonds. The molecule has 1 atom stereocenters. The van der Waals surface area contributed by atoms with Crippen molar-refractivity contribution in [2.45, 2.75) is 40.0 Å².